The Kier molecular flexibility index (Phi) is 3.67. The van der Waals surface area contributed by atoms with E-state index in [-0.39, 0.29) is 22.0 Å². The van der Waals surface area contributed by atoms with Crippen LogP contribution in [0.4, 0.5) is 13.2 Å². The third-order valence-corrected chi connectivity index (χ3v) is 2.83. The van der Waals surface area contributed by atoms with E-state index >= 15 is 0 Å². The van der Waals surface area contributed by atoms with Crippen molar-refractivity contribution in [3.05, 3.63) is 52.7 Å². The summed E-state index contributed by atoms with van der Waals surface area (Å²) in [6.45, 7) is 0. The number of pyridine rings is 1. The monoisotopic (exact) mass is 301 g/mol. The number of carboxylic acid groups (broad SMARTS) is 1. The summed E-state index contributed by atoms with van der Waals surface area (Å²) >= 11 is 5.87. The van der Waals surface area contributed by atoms with Crippen LogP contribution in [0, 0.1) is 0 Å². The molecule has 0 radical (unpaired) electrons. The van der Waals surface area contributed by atoms with Crippen molar-refractivity contribution in [1.82, 2.24) is 4.98 Å². The van der Waals surface area contributed by atoms with E-state index in [1.165, 1.54) is 24.3 Å². The number of hydrogen-bond donors (Lipinski definition) is 1. The first kappa shape index (κ1) is 14.3. The van der Waals surface area contributed by atoms with E-state index in [0.717, 1.165) is 12.1 Å². The van der Waals surface area contributed by atoms with Gasteiger partial charge >= 0.3 is 12.1 Å². The van der Waals surface area contributed by atoms with Gasteiger partial charge in [-0.05, 0) is 24.3 Å². The maximum absolute atomic E-state index is 12.6. The van der Waals surface area contributed by atoms with Gasteiger partial charge in [-0.1, -0.05) is 23.7 Å². The zero-order chi connectivity index (χ0) is 14.9. The van der Waals surface area contributed by atoms with Crippen molar-refractivity contribution in [2.75, 3.05) is 0 Å². The molecule has 0 bridgehead atoms. The Morgan fingerprint density at radius 1 is 1.20 bits per heavy atom. The minimum Gasteiger partial charge on any atom is -0.477 e. The second-order valence-electron chi connectivity index (χ2n) is 3.91. The molecule has 0 aliphatic rings. The van der Waals surface area contributed by atoms with Crippen molar-refractivity contribution in [2.45, 2.75) is 6.18 Å². The van der Waals surface area contributed by atoms with E-state index < -0.39 is 17.7 Å². The Bertz CT molecular complexity index is 671. The molecule has 0 spiro atoms. The fourth-order valence-corrected chi connectivity index (χ4v) is 1.82. The van der Waals surface area contributed by atoms with Gasteiger partial charge in [0.25, 0.3) is 0 Å². The van der Waals surface area contributed by atoms with Crippen LogP contribution in [0.3, 0.4) is 0 Å². The van der Waals surface area contributed by atoms with Crippen LogP contribution in [0.15, 0.2) is 36.4 Å². The van der Waals surface area contributed by atoms with Gasteiger partial charge in [0.1, 0.15) is 5.69 Å². The molecule has 3 nitrogen and oxygen atoms in total. The molecule has 0 aliphatic carbocycles. The van der Waals surface area contributed by atoms with Crippen LogP contribution in [0.1, 0.15) is 16.1 Å². The van der Waals surface area contributed by atoms with Gasteiger partial charge in [-0.2, -0.15) is 13.2 Å². The summed E-state index contributed by atoms with van der Waals surface area (Å²) in [5, 5.41) is 8.92. The molecule has 1 heterocycles. The molecule has 20 heavy (non-hydrogen) atoms. The second-order valence-corrected chi connectivity index (χ2v) is 4.32. The first-order valence-electron chi connectivity index (χ1n) is 5.36. The molecule has 2 aromatic rings. The number of carboxylic acids is 1. The highest BCUT2D eigenvalue weighted by Gasteiger charge is 2.30. The molecule has 1 aromatic heterocycles. The number of aromatic carboxylic acids is 1. The number of benzene rings is 1. The summed E-state index contributed by atoms with van der Waals surface area (Å²) in [6.07, 6.45) is -4.49. The second kappa shape index (κ2) is 5.13. The van der Waals surface area contributed by atoms with Crippen molar-refractivity contribution in [1.29, 1.82) is 0 Å². The minimum absolute atomic E-state index is 0.00216. The lowest BCUT2D eigenvalue weighted by molar-refractivity contribution is -0.137. The standard InChI is InChI=1S/C13H7ClF3NO2/c14-9-4-5-10(12(19)20)18-11(9)7-2-1-3-8(6-7)13(15,16)17/h1-6H,(H,19,20). The maximum Gasteiger partial charge on any atom is 0.416 e. The topological polar surface area (TPSA) is 50.2 Å². The number of carbonyl (C=O) groups is 1. The van der Waals surface area contributed by atoms with Crippen LogP contribution in [0.5, 0.6) is 0 Å². The zero-order valence-corrected chi connectivity index (χ0v) is 10.5. The Labute approximate surface area is 116 Å². The van der Waals surface area contributed by atoms with E-state index in [1.807, 2.05) is 0 Å². The van der Waals surface area contributed by atoms with Crippen LogP contribution in [0.2, 0.25) is 5.02 Å². The largest absolute Gasteiger partial charge is 0.477 e. The molecule has 1 N–H and O–H groups in total. The summed E-state index contributed by atoms with van der Waals surface area (Å²) in [6, 6.07) is 6.85. The molecule has 0 aliphatic heterocycles. The number of aromatic nitrogens is 1. The van der Waals surface area contributed by atoms with E-state index in [0.29, 0.717) is 0 Å². The number of halogens is 4. The van der Waals surface area contributed by atoms with E-state index in [9.17, 15) is 18.0 Å². The first-order valence-corrected chi connectivity index (χ1v) is 5.74. The molecule has 0 atom stereocenters. The van der Waals surface area contributed by atoms with Crippen LogP contribution < -0.4 is 0 Å². The normalized spacial score (nSPS) is 11.4. The summed E-state index contributed by atoms with van der Waals surface area (Å²) in [5.41, 5.74) is -1.04. The minimum atomic E-state index is -4.49. The molecule has 0 fully saturated rings. The average molecular weight is 302 g/mol. The third-order valence-electron chi connectivity index (χ3n) is 2.53. The summed E-state index contributed by atoms with van der Waals surface area (Å²) in [7, 11) is 0. The van der Waals surface area contributed by atoms with Crippen LogP contribution in [0.25, 0.3) is 11.3 Å². The predicted molar refractivity (Wildman–Crippen MR) is 66.6 cm³/mol. The number of nitrogens with zero attached hydrogens (tertiary/aromatic N) is 1. The molecule has 104 valence electrons. The first-order chi connectivity index (χ1) is 9.29. The van der Waals surface area contributed by atoms with E-state index in [2.05, 4.69) is 4.98 Å². The van der Waals surface area contributed by atoms with Crippen molar-refractivity contribution in [3.63, 3.8) is 0 Å². The Morgan fingerprint density at radius 2 is 1.90 bits per heavy atom. The van der Waals surface area contributed by atoms with Gasteiger partial charge < -0.3 is 5.11 Å². The quantitative estimate of drug-likeness (QED) is 0.907. The fraction of sp³-hybridized carbons (Fsp3) is 0.0769. The SMILES string of the molecule is O=C(O)c1ccc(Cl)c(-c2cccc(C(F)(F)F)c2)n1. The molecule has 2 rings (SSSR count). The molecular weight excluding hydrogens is 295 g/mol. The third kappa shape index (κ3) is 2.91. The van der Waals surface area contributed by atoms with Crippen molar-refractivity contribution >= 4 is 17.6 Å². The Balaban J connectivity index is 2.57. The van der Waals surface area contributed by atoms with Gasteiger partial charge in [0, 0.05) is 5.56 Å². The van der Waals surface area contributed by atoms with Crippen LogP contribution in [-0.4, -0.2) is 16.1 Å². The zero-order valence-electron chi connectivity index (χ0n) is 9.78. The van der Waals surface area contributed by atoms with Crippen LogP contribution >= 0.6 is 11.6 Å². The van der Waals surface area contributed by atoms with Gasteiger partial charge in [-0.3, -0.25) is 0 Å². The smallest absolute Gasteiger partial charge is 0.416 e. The summed E-state index contributed by atoms with van der Waals surface area (Å²) in [5.74, 6) is -1.28. The molecule has 0 unspecified atom stereocenters. The highest BCUT2D eigenvalue weighted by atomic mass is 35.5. The fourth-order valence-electron chi connectivity index (χ4n) is 1.61. The molecule has 0 saturated heterocycles. The van der Waals surface area contributed by atoms with Crippen molar-refractivity contribution < 1.29 is 23.1 Å². The van der Waals surface area contributed by atoms with E-state index in [4.69, 9.17) is 16.7 Å². The average Bonchev–Trinajstić information content (AvgIpc) is 2.38. The molecular formula is C13H7ClF3NO2. The summed E-state index contributed by atoms with van der Waals surface area (Å²) < 4.78 is 37.9. The highest BCUT2D eigenvalue weighted by molar-refractivity contribution is 6.33. The lowest BCUT2D eigenvalue weighted by atomic mass is 10.1. The Hall–Kier alpha value is -2.08. The van der Waals surface area contributed by atoms with Gasteiger partial charge in [0.05, 0.1) is 16.3 Å². The Morgan fingerprint density at radius 3 is 2.50 bits per heavy atom. The lowest BCUT2D eigenvalue weighted by Gasteiger charge is -2.09. The molecule has 0 amide bonds. The van der Waals surface area contributed by atoms with Crippen molar-refractivity contribution in [3.8, 4) is 11.3 Å². The van der Waals surface area contributed by atoms with Crippen LogP contribution in [-0.2, 0) is 6.18 Å². The maximum atomic E-state index is 12.6. The van der Waals surface area contributed by atoms with Gasteiger partial charge in [-0.25, -0.2) is 9.78 Å². The molecule has 0 saturated carbocycles. The van der Waals surface area contributed by atoms with Gasteiger partial charge in [0.2, 0.25) is 0 Å². The molecule has 1 aromatic carbocycles. The number of rotatable bonds is 2. The highest BCUT2D eigenvalue weighted by Crippen LogP contribution is 2.33. The molecule has 7 heteroatoms. The van der Waals surface area contributed by atoms with Gasteiger partial charge in [-0.15, -0.1) is 0 Å². The predicted octanol–water partition coefficient (Wildman–Crippen LogP) is 4.12. The van der Waals surface area contributed by atoms with Gasteiger partial charge in [0.15, 0.2) is 0 Å². The van der Waals surface area contributed by atoms with E-state index in [1.54, 1.807) is 0 Å². The van der Waals surface area contributed by atoms with Crippen molar-refractivity contribution in [2.24, 2.45) is 0 Å². The lowest BCUT2D eigenvalue weighted by Crippen LogP contribution is -2.05. The summed E-state index contributed by atoms with van der Waals surface area (Å²) in [4.78, 5) is 14.6. The number of hydrogen-bond acceptors (Lipinski definition) is 2. The number of alkyl halides is 3.